The lowest BCUT2D eigenvalue weighted by atomic mass is 9.99. The van der Waals surface area contributed by atoms with Crippen LogP contribution in [-0.2, 0) is 17.8 Å². The number of fused-ring (bicyclic) bond motifs is 1. The summed E-state index contributed by atoms with van der Waals surface area (Å²) in [7, 11) is 3.27. The zero-order chi connectivity index (χ0) is 18.7. The van der Waals surface area contributed by atoms with E-state index in [9.17, 15) is 4.79 Å². The second-order valence-corrected chi connectivity index (χ2v) is 6.86. The number of nitrogens with one attached hydrogen (secondary N) is 1. The fourth-order valence-corrected chi connectivity index (χ4v) is 3.33. The van der Waals surface area contributed by atoms with Crippen molar-refractivity contribution >= 4 is 23.2 Å². The van der Waals surface area contributed by atoms with Gasteiger partial charge in [-0.3, -0.25) is 9.69 Å². The van der Waals surface area contributed by atoms with Crippen molar-refractivity contribution in [3.05, 3.63) is 52.0 Å². The number of hydrogen-bond acceptors (Lipinski definition) is 4. The van der Waals surface area contributed by atoms with E-state index in [2.05, 4.69) is 10.2 Å². The van der Waals surface area contributed by atoms with Gasteiger partial charge in [0.1, 0.15) is 0 Å². The van der Waals surface area contributed by atoms with Gasteiger partial charge < -0.3 is 14.8 Å². The first kappa shape index (κ1) is 18.5. The van der Waals surface area contributed by atoms with Gasteiger partial charge in [0.25, 0.3) is 0 Å². The van der Waals surface area contributed by atoms with Crippen molar-refractivity contribution in [2.24, 2.45) is 0 Å². The molecule has 1 amide bonds. The highest BCUT2D eigenvalue weighted by Crippen LogP contribution is 2.33. The molecule has 1 N–H and O–H groups in total. The molecular weight excluding hydrogens is 352 g/mol. The summed E-state index contributed by atoms with van der Waals surface area (Å²) in [6.07, 6.45) is 0.874. The van der Waals surface area contributed by atoms with Crippen molar-refractivity contribution < 1.29 is 14.3 Å². The van der Waals surface area contributed by atoms with E-state index in [1.807, 2.05) is 31.2 Å². The number of halogens is 1. The van der Waals surface area contributed by atoms with E-state index >= 15 is 0 Å². The van der Waals surface area contributed by atoms with Crippen molar-refractivity contribution in [1.29, 1.82) is 0 Å². The molecule has 1 aliphatic rings. The van der Waals surface area contributed by atoms with Crippen molar-refractivity contribution in [3.8, 4) is 11.5 Å². The van der Waals surface area contributed by atoms with E-state index in [1.54, 1.807) is 20.3 Å². The second kappa shape index (κ2) is 7.98. The van der Waals surface area contributed by atoms with Gasteiger partial charge in [-0.2, -0.15) is 0 Å². The SMILES string of the molecule is COc1cc2c(cc1OC)CN(CC(=O)Nc1ccc(C)c(Cl)c1)CC2. The summed E-state index contributed by atoms with van der Waals surface area (Å²) in [6, 6.07) is 9.56. The molecule has 0 atom stereocenters. The molecule has 0 aliphatic carbocycles. The van der Waals surface area contributed by atoms with Gasteiger partial charge in [0, 0.05) is 23.8 Å². The van der Waals surface area contributed by atoms with E-state index < -0.39 is 0 Å². The zero-order valence-corrected chi connectivity index (χ0v) is 16.0. The molecular formula is C20H23ClN2O3. The molecule has 1 heterocycles. The van der Waals surface area contributed by atoms with Crippen LogP contribution in [0.1, 0.15) is 16.7 Å². The average molecular weight is 375 g/mol. The fourth-order valence-electron chi connectivity index (χ4n) is 3.15. The van der Waals surface area contributed by atoms with Crippen LogP contribution in [-0.4, -0.2) is 38.1 Å². The Kier molecular flexibility index (Phi) is 5.69. The highest BCUT2D eigenvalue weighted by atomic mass is 35.5. The Hall–Kier alpha value is -2.24. The molecule has 0 saturated heterocycles. The number of carbonyl (C=O) groups is 1. The summed E-state index contributed by atoms with van der Waals surface area (Å²) < 4.78 is 10.7. The lowest BCUT2D eigenvalue weighted by Crippen LogP contribution is -2.37. The van der Waals surface area contributed by atoms with Crippen LogP contribution in [0.25, 0.3) is 0 Å². The Morgan fingerprint density at radius 2 is 1.85 bits per heavy atom. The van der Waals surface area contributed by atoms with Gasteiger partial charge in [-0.05, 0) is 54.3 Å². The lowest BCUT2D eigenvalue weighted by molar-refractivity contribution is -0.117. The molecule has 138 valence electrons. The second-order valence-electron chi connectivity index (χ2n) is 6.45. The maximum Gasteiger partial charge on any atom is 0.238 e. The maximum atomic E-state index is 12.4. The number of aryl methyl sites for hydroxylation is 1. The maximum absolute atomic E-state index is 12.4. The summed E-state index contributed by atoms with van der Waals surface area (Å²) in [4.78, 5) is 14.5. The molecule has 0 spiro atoms. The number of hydrogen-bond donors (Lipinski definition) is 1. The molecule has 2 aromatic rings. The minimum atomic E-state index is -0.0474. The van der Waals surface area contributed by atoms with Crippen molar-refractivity contribution in [2.75, 3.05) is 32.6 Å². The third-order valence-corrected chi connectivity index (χ3v) is 5.03. The molecule has 3 rings (SSSR count). The Labute approximate surface area is 158 Å². The van der Waals surface area contributed by atoms with Crippen LogP contribution in [0.2, 0.25) is 5.02 Å². The Morgan fingerprint density at radius 3 is 2.50 bits per heavy atom. The van der Waals surface area contributed by atoms with Gasteiger partial charge in [0.05, 0.1) is 20.8 Å². The van der Waals surface area contributed by atoms with Gasteiger partial charge in [-0.25, -0.2) is 0 Å². The third kappa shape index (κ3) is 4.11. The normalized spacial score (nSPS) is 13.8. The Morgan fingerprint density at radius 1 is 1.15 bits per heavy atom. The quantitative estimate of drug-likeness (QED) is 0.867. The summed E-state index contributed by atoms with van der Waals surface area (Å²) in [5.41, 5.74) is 4.11. The van der Waals surface area contributed by atoms with Crippen LogP contribution in [0.5, 0.6) is 11.5 Å². The standard InChI is InChI=1S/C20H23ClN2O3/c1-13-4-5-16(10-17(13)21)22-20(24)12-23-7-6-14-8-18(25-2)19(26-3)9-15(14)11-23/h4-5,8-10H,6-7,11-12H2,1-3H3,(H,22,24). The van der Waals surface area contributed by atoms with E-state index in [1.165, 1.54) is 11.1 Å². The molecule has 2 aromatic carbocycles. The number of anilines is 1. The van der Waals surface area contributed by atoms with Gasteiger partial charge in [-0.15, -0.1) is 0 Å². The first-order valence-corrected chi connectivity index (χ1v) is 8.90. The van der Waals surface area contributed by atoms with E-state index in [4.69, 9.17) is 21.1 Å². The molecule has 0 bridgehead atoms. The Bertz CT molecular complexity index is 823. The van der Waals surface area contributed by atoms with Crippen LogP contribution >= 0.6 is 11.6 Å². The van der Waals surface area contributed by atoms with Gasteiger partial charge in [0.2, 0.25) is 5.91 Å². The number of methoxy groups -OCH3 is 2. The van der Waals surface area contributed by atoms with Crippen molar-refractivity contribution in [2.45, 2.75) is 19.9 Å². The van der Waals surface area contributed by atoms with E-state index in [0.717, 1.165) is 30.0 Å². The number of ether oxygens (including phenoxy) is 2. The van der Waals surface area contributed by atoms with Gasteiger partial charge in [0.15, 0.2) is 11.5 Å². The highest BCUT2D eigenvalue weighted by Gasteiger charge is 2.21. The number of amides is 1. The summed E-state index contributed by atoms with van der Waals surface area (Å²) in [5.74, 6) is 1.41. The third-order valence-electron chi connectivity index (χ3n) is 4.62. The van der Waals surface area contributed by atoms with Gasteiger partial charge >= 0.3 is 0 Å². The topological polar surface area (TPSA) is 50.8 Å². The predicted molar refractivity (Wildman–Crippen MR) is 103 cm³/mol. The molecule has 0 saturated carbocycles. The number of carbonyl (C=O) groups excluding carboxylic acids is 1. The molecule has 0 radical (unpaired) electrons. The Balaban J connectivity index is 1.65. The van der Waals surface area contributed by atoms with Gasteiger partial charge in [-0.1, -0.05) is 17.7 Å². The van der Waals surface area contributed by atoms with E-state index in [-0.39, 0.29) is 5.91 Å². The summed E-state index contributed by atoms with van der Waals surface area (Å²) in [5, 5.41) is 3.56. The highest BCUT2D eigenvalue weighted by molar-refractivity contribution is 6.31. The molecule has 6 heteroatoms. The van der Waals surface area contributed by atoms with E-state index in [0.29, 0.717) is 23.9 Å². The monoisotopic (exact) mass is 374 g/mol. The van der Waals surface area contributed by atoms with Crippen LogP contribution in [0, 0.1) is 6.92 Å². The van der Waals surface area contributed by atoms with Crippen LogP contribution in [0.3, 0.4) is 0 Å². The average Bonchev–Trinajstić information content (AvgIpc) is 2.63. The lowest BCUT2D eigenvalue weighted by Gasteiger charge is -2.29. The largest absolute Gasteiger partial charge is 0.493 e. The van der Waals surface area contributed by atoms with Crippen LogP contribution < -0.4 is 14.8 Å². The first-order chi connectivity index (χ1) is 12.5. The van der Waals surface area contributed by atoms with Crippen molar-refractivity contribution in [1.82, 2.24) is 4.90 Å². The van der Waals surface area contributed by atoms with Crippen molar-refractivity contribution in [3.63, 3.8) is 0 Å². The van der Waals surface area contributed by atoms with Crippen LogP contribution in [0.15, 0.2) is 30.3 Å². The number of benzene rings is 2. The molecule has 5 nitrogen and oxygen atoms in total. The summed E-state index contributed by atoms with van der Waals surface area (Å²) >= 11 is 6.11. The fraction of sp³-hybridized carbons (Fsp3) is 0.350. The number of rotatable bonds is 5. The zero-order valence-electron chi connectivity index (χ0n) is 15.3. The predicted octanol–water partition coefficient (Wildman–Crippen LogP) is 3.66. The first-order valence-electron chi connectivity index (χ1n) is 8.52. The summed E-state index contributed by atoms with van der Waals surface area (Å²) in [6.45, 7) is 3.80. The van der Waals surface area contributed by atoms with Crippen LogP contribution in [0.4, 0.5) is 5.69 Å². The smallest absolute Gasteiger partial charge is 0.238 e. The number of nitrogens with zero attached hydrogens (tertiary/aromatic N) is 1. The molecule has 26 heavy (non-hydrogen) atoms. The minimum absolute atomic E-state index is 0.0474. The molecule has 0 fully saturated rings. The molecule has 0 unspecified atom stereocenters. The minimum Gasteiger partial charge on any atom is -0.493 e. The molecule has 0 aromatic heterocycles. The molecule has 1 aliphatic heterocycles.